The van der Waals surface area contributed by atoms with Crippen LogP contribution >= 0.6 is 0 Å². The van der Waals surface area contributed by atoms with Crippen LogP contribution in [-0.4, -0.2) is 5.78 Å². The number of benzene rings is 1. The van der Waals surface area contributed by atoms with Gasteiger partial charge in [-0.05, 0) is 42.6 Å². The van der Waals surface area contributed by atoms with E-state index in [4.69, 9.17) is 0 Å². The van der Waals surface area contributed by atoms with Crippen LogP contribution in [0.5, 0.6) is 0 Å². The number of hydrogen-bond acceptors (Lipinski definition) is 1. The molecule has 2 aliphatic carbocycles. The molecule has 0 bridgehead atoms. The van der Waals surface area contributed by atoms with E-state index >= 15 is 0 Å². The molecule has 2 saturated carbocycles. The van der Waals surface area contributed by atoms with Crippen LogP contribution < -0.4 is 0 Å². The molecule has 0 amide bonds. The smallest absolute Gasteiger partial charge is 0.137 e. The van der Waals surface area contributed by atoms with Gasteiger partial charge in [-0.15, -0.1) is 0 Å². The zero-order valence-electron chi connectivity index (χ0n) is 10.5. The lowest BCUT2D eigenvalue weighted by Crippen LogP contribution is -2.35. The van der Waals surface area contributed by atoms with Gasteiger partial charge in [0.15, 0.2) is 0 Å². The fourth-order valence-electron chi connectivity index (χ4n) is 4.07. The van der Waals surface area contributed by atoms with Crippen LogP contribution in [0.4, 0.5) is 0 Å². The number of carbonyl (C=O) groups excluding carboxylic acids is 1. The van der Waals surface area contributed by atoms with Crippen molar-refractivity contribution in [1.29, 1.82) is 0 Å². The molecule has 0 aromatic heterocycles. The summed E-state index contributed by atoms with van der Waals surface area (Å²) < 4.78 is 0. The number of rotatable bonds is 1. The summed E-state index contributed by atoms with van der Waals surface area (Å²) >= 11 is 0. The van der Waals surface area contributed by atoms with Gasteiger partial charge < -0.3 is 0 Å². The highest BCUT2D eigenvalue weighted by molar-refractivity contribution is 5.84. The van der Waals surface area contributed by atoms with Crippen LogP contribution in [0.25, 0.3) is 0 Å². The van der Waals surface area contributed by atoms with Crippen LogP contribution in [0.1, 0.15) is 50.5 Å². The van der Waals surface area contributed by atoms with Gasteiger partial charge in [0.05, 0.1) is 0 Å². The van der Waals surface area contributed by atoms with Crippen molar-refractivity contribution in [2.75, 3.05) is 0 Å². The molecule has 0 heterocycles. The van der Waals surface area contributed by atoms with Gasteiger partial charge in [-0.2, -0.15) is 0 Å². The van der Waals surface area contributed by atoms with E-state index in [1.807, 2.05) is 0 Å². The first-order chi connectivity index (χ1) is 8.21. The molecule has 90 valence electrons. The zero-order valence-corrected chi connectivity index (χ0v) is 10.5. The number of fused-ring (bicyclic) bond motifs is 1. The minimum absolute atomic E-state index is 0.288. The van der Waals surface area contributed by atoms with E-state index in [0.717, 1.165) is 12.8 Å². The van der Waals surface area contributed by atoms with Crippen molar-refractivity contribution in [2.24, 2.45) is 11.3 Å². The molecule has 0 radical (unpaired) electrons. The molecule has 0 saturated heterocycles. The van der Waals surface area contributed by atoms with Crippen molar-refractivity contribution in [2.45, 2.75) is 44.9 Å². The van der Waals surface area contributed by atoms with Crippen molar-refractivity contribution in [1.82, 2.24) is 0 Å². The highest BCUT2D eigenvalue weighted by Gasteiger charge is 2.50. The zero-order chi connectivity index (χ0) is 11.9. The summed E-state index contributed by atoms with van der Waals surface area (Å²) in [5, 5.41) is 0. The molecule has 0 spiro atoms. The molecule has 17 heavy (non-hydrogen) atoms. The van der Waals surface area contributed by atoms with Crippen molar-refractivity contribution < 1.29 is 4.79 Å². The second kappa shape index (κ2) is 3.97. The molecule has 2 fully saturated rings. The summed E-state index contributed by atoms with van der Waals surface area (Å²) in [7, 11) is 0. The van der Waals surface area contributed by atoms with Crippen LogP contribution in [0.15, 0.2) is 30.3 Å². The maximum Gasteiger partial charge on any atom is 0.137 e. The third-order valence-corrected chi connectivity index (χ3v) is 4.93. The standard InChI is InChI=1S/C16H20O/c1-16-10-5-8-14(17)15(16)13(9-11-16)12-6-3-2-4-7-12/h2-4,6-7,13,15H,5,8-11H2,1H3/t13?,15-,16-/m0/s1. The van der Waals surface area contributed by atoms with Gasteiger partial charge in [0.1, 0.15) is 5.78 Å². The molecular formula is C16H20O. The fraction of sp³-hybridized carbons (Fsp3) is 0.562. The molecule has 1 aromatic rings. The Kier molecular flexibility index (Phi) is 2.57. The lowest BCUT2D eigenvalue weighted by molar-refractivity contribution is -0.129. The first-order valence-corrected chi connectivity index (χ1v) is 6.78. The Balaban J connectivity index is 1.95. The quantitative estimate of drug-likeness (QED) is 0.711. The lowest BCUT2D eigenvalue weighted by Gasteiger charge is -2.37. The summed E-state index contributed by atoms with van der Waals surface area (Å²) in [6, 6.07) is 10.6. The van der Waals surface area contributed by atoms with Gasteiger partial charge in [0.2, 0.25) is 0 Å². The first kappa shape index (κ1) is 11.0. The largest absolute Gasteiger partial charge is 0.299 e. The van der Waals surface area contributed by atoms with E-state index in [1.165, 1.54) is 24.8 Å². The Bertz CT molecular complexity index is 422. The van der Waals surface area contributed by atoms with Crippen LogP contribution in [0, 0.1) is 11.3 Å². The topological polar surface area (TPSA) is 17.1 Å². The Labute approximate surface area is 103 Å². The summed E-state index contributed by atoms with van der Waals surface area (Å²) in [5.74, 6) is 1.29. The van der Waals surface area contributed by atoms with E-state index < -0.39 is 0 Å². The Hall–Kier alpha value is -1.11. The lowest BCUT2D eigenvalue weighted by atomic mass is 9.66. The fourth-order valence-corrected chi connectivity index (χ4v) is 4.07. The number of Topliss-reactive ketones (excluding diaryl/α,β-unsaturated/α-hetero) is 1. The van der Waals surface area contributed by atoms with Gasteiger partial charge in [0.25, 0.3) is 0 Å². The maximum atomic E-state index is 12.3. The van der Waals surface area contributed by atoms with E-state index in [2.05, 4.69) is 37.3 Å². The molecule has 3 rings (SSSR count). The third kappa shape index (κ3) is 1.72. The second-order valence-corrected chi connectivity index (χ2v) is 6.01. The Morgan fingerprint density at radius 2 is 1.94 bits per heavy atom. The van der Waals surface area contributed by atoms with Crippen molar-refractivity contribution >= 4 is 5.78 Å². The van der Waals surface area contributed by atoms with Crippen LogP contribution in [0.2, 0.25) is 0 Å². The van der Waals surface area contributed by atoms with E-state index in [0.29, 0.717) is 17.6 Å². The van der Waals surface area contributed by atoms with Gasteiger partial charge >= 0.3 is 0 Å². The summed E-state index contributed by atoms with van der Waals surface area (Å²) in [6.07, 6.45) is 5.57. The van der Waals surface area contributed by atoms with Crippen molar-refractivity contribution in [3.63, 3.8) is 0 Å². The SMILES string of the molecule is C[C@@]12CCCC(=O)[C@@H]1C(c1ccccc1)CC2. The molecular weight excluding hydrogens is 208 g/mol. The molecule has 1 aromatic carbocycles. The van der Waals surface area contributed by atoms with Crippen LogP contribution in [0.3, 0.4) is 0 Å². The summed E-state index contributed by atoms with van der Waals surface area (Å²) in [4.78, 5) is 12.3. The monoisotopic (exact) mass is 228 g/mol. The van der Waals surface area contributed by atoms with Crippen LogP contribution in [-0.2, 0) is 4.79 Å². The first-order valence-electron chi connectivity index (χ1n) is 6.78. The van der Waals surface area contributed by atoms with Crippen molar-refractivity contribution in [3.8, 4) is 0 Å². The maximum absolute atomic E-state index is 12.3. The molecule has 1 heteroatoms. The predicted molar refractivity (Wildman–Crippen MR) is 68.9 cm³/mol. The summed E-state index contributed by atoms with van der Waals surface area (Å²) in [5.41, 5.74) is 1.66. The van der Waals surface area contributed by atoms with Crippen molar-refractivity contribution in [3.05, 3.63) is 35.9 Å². The minimum Gasteiger partial charge on any atom is -0.299 e. The second-order valence-electron chi connectivity index (χ2n) is 6.01. The molecule has 1 unspecified atom stereocenters. The van der Waals surface area contributed by atoms with Gasteiger partial charge in [-0.1, -0.05) is 37.3 Å². The molecule has 0 N–H and O–H groups in total. The normalized spacial score (nSPS) is 36.9. The minimum atomic E-state index is 0.288. The van der Waals surface area contributed by atoms with Gasteiger partial charge in [-0.25, -0.2) is 0 Å². The molecule has 3 atom stereocenters. The van der Waals surface area contributed by atoms with Gasteiger partial charge in [0, 0.05) is 12.3 Å². The Morgan fingerprint density at radius 3 is 2.71 bits per heavy atom. The molecule has 0 aliphatic heterocycles. The van der Waals surface area contributed by atoms with E-state index in [1.54, 1.807) is 0 Å². The molecule has 1 nitrogen and oxygen atoms in total. The number of ketones is 1. The van der Waals surface area contributed by atoms with E-state index in [-0.39, 0.29) is 5.41 Å². The summed E-state index contributed by atoms with van der Waals surface area (Å²) in [6.45, 7) is 2.33. The number of hydrogen-bond donors (Lipinski definition) is 0. The Morgan fingerprint density at radius 1 is 1.18 bits per heavy atom. The van der Waals surface area contributed by atoms with Gasteiger partial charge in [-0.3, -0.25) is 4.79 Å². The average molecular weight is 228 g/mol. The highest BCUT2D eigenvalue weighted by Crippen LogP contribution is 2.56. The number of carbonyl (C=O) groups is 1. The highest BCUT2D eigenvalue weighted by atomic mass is 16.1. The predicted octanol–water partition coefficient (Wildman–Crippen LogP) is 3.94. The third-order valence-electron chi connectivity index (χ3n) is 4.93. The van der Waals surface area contributed by atoms with E-state index in [9.17, 15) is 4.79 Å². The average Bonchev–Trinajstić information content (AvgIpc) is 2.69. The molecule has 2 aliphatic rings.